The third-order valence-electron chi connectivity index (χ3n) is 3.85. The quantitative estimate of drug-likeness (QED) is 0.502. The van der Waals surface area contributed by atoms with Crippen molar-refractivity contribution < 1.29 is 4.39 Å². The molecule has 0 aromatic carbocycles. The summed E-state index contributed by atoms with van der Waals surface area (Å²) in [4.78, 5) is 0. The van der Waals surface area contributed by atoms with Gasteiger partial charge < -0.3 is 0 Å². The predicted molar refractivity (Wildman–Crippen MR) is 41.7 cm³/mol. The molecule has 4 aliphatic rings. The molecule has 11 heavy (non-hydrogen) atoms. The van der Waals surface area contributed by atoms with Gasteiger partial charge in [-0.25, -0.2) is 4.39 Å². The summed E-state index contributed by atoms with van der Waals surface area (Å²) in [6.45, 7) is 0. The van der Waals surface area contributed by atoms with E-state index in [1.165, 1.54) is 19.3 Å². The zero-order valence-electron chi connectivity index (χ0n) is 6.72. The Morgan fingerprint density at radius 1 is 1.00 bits per heavy atom. The second kappa shape index (κ2) is 1.99. The van der Waals surface area contributed by atoms with Gasteiger partial charge in [-0.15, -0.1) is 0 Å². The highest BCUT2D eigenvalue weighted by molar-refractivity contribution is 5.11. The van der Waals surface area contributed by atoms with Crippen molar-refractivity contribution in [3.63, 3.8) is 0 Å². The fraction of sp³-hybridized carbons (Fsp3) is 0.900. The van der Waals surface area contributed by atoms with Gasteiger partial charge in [0.1, 0.15) is 6.17 Å². The summed E-state index contributed by atoms with van der Waals surface area (Å²) < 4.78 is 13.5. The smallest absolute Gasteiger partial charge is 0.106 e. The van der Waals surface area contributed by atoms with Crippen molar-refractivity contribution in [3.8, 4) is 0 Å². The van der Waals surface area contributed by atoms with Gasteiger partial charge in [0, 0.05) is 0 Å². The van der Waals surface area contributed by atoms with Gasteiger partial charge in [-0.2, -0.15) is 0 Å². The fourth-order valence-electron chi connectivity index (χ4n) is 3.56. The molecule has 4 rings (SSSR count). The van der Waals surface area contributed by atoms with Crippen LogP contribution in [0.15, 0.2) is 0 Å². The van der Waals surface area contributed by atoms with Crippen LogP contribution in [-0.4, -0.2) is 6.17 Å². The van der Waals surface area contributed by atoms with Crippen LogP contribution in [0.3, 0.4) is 0 Å². The van der Waals surface area contributed by atoms with E-state index in [-0.39, 0.29) is 0 Å². The van der Waals surface area contributed by atoms with Crippen molar-refractivity contribution in [1.82, 2.24) is 0 Å². The van der Waals surface area contributed by atoms with Gasteiger partial charge in [0.2, 0.25) is 0 Å². The van der Waals surface area contributed by atoms with Gasteiger partial charge in [-0.05, 0) is 55.8 Å². The average molecular weight is 153 g/mol. The minimum atomic E-state index is -0.435. The number of halogens is 1. The van der Waals surface area contributed by atoms with Crippen molar-refractivity contribution in [1.29, 1.82) is 0 Å². The summed E-state index contributed by atoms with van der Waals surface area (Å²) in [6.07, 6.45) is 5.57. The van der Waals surface area contributed by atoms with Crippen LogP contribution in [0.4, 0.5) is 4.39 Å². The SMILES string of the molecule is FC1C2C[C]3CC(C2)CC1C3. The molecule has 4 aliphatic carbocycles. The van der Waals surface area contributed by atoms with Crippen LogP contribution in [0.1, 0.15) is 32.1 Å². The van der Waals surface area contributed by atoms with Crippen LogP contribution in [0.5, 0.6) is 0 Å². The molecule has 0 nitrogen and oxygen atoms in total. The molecule has 0 heterocycles. The Morgan fingerprint density at radius 3 is 2.18 bits per heavy atom. The first kappa shape index (κ1) is 6.45. The Balaban J connectivity index is 1.91. The third-order valence-corrected chi connectivity index (χ3v) is 3.85. The minimum absolute atomic E-state index is 0.435. The van der Waals surface area contributed by atoms with Gasteiger partial charge in [0.05, 0.1) is 0 Å². The first-order valence-corrected chi connectivity index (χ1v) is 4.80. The van der Waals surface area contributed by atoms with Crippen molar-refractivity contribution in [3.05, 3.63) is 5.92 Å². The predicted octanol–water partition coefficient (Wildman–Crippen LogP) is 2.74. The molecule has 0 N–H and O–H groups in total. The van der Waals surface area contributed by atoms with E-state index in [4.69, 9.17) is 0 Å². The molecule has 0 spiro atoms. The summed E-state index contributed by atoms with van der Waals surface area (Å²) in [5, 5.41) is 0. The van der Waals surface area contributed by atoms with Gasteiger partial charge in [-0.3, -0.25) is 0 Å². The first-order valence-electron chi connectivity index (χ1n) is 4.80. The maximum Gasteiger partial charge on any atom is 0.106 e. The van der Waals surface area contributed by atoms with Gasteiger partial charge in [0.15, 0.2) is 0 Å². The van der Waals surface area contributed by atoms with Crippen LogP contribution < -0.4 is 0 Å². The number of alkyl halides is 1. The highest BCUT2D eigenvalue weighted by Gasteiger charge is 2.48. The summed E-state index contributed by atoms with van der Waals surface area (Å²) in [7, 11) is 0. The molecule has 1 radical (unpaired) electrons. The molecule has 61 valence electrons. The van der Waals surface area contributed by atoms with E-state index in [0.717, 1.165) is 18.8 Å². The lowest BCUT2D eigenvalue weighted by atomic mass is 9.55. The van der Waals surface area contributed by atoms with Gasteiger partial charge >= 0.3 is 0 Å². The number of rotatable bonds is 0. The van der Waals surface area contributed by atoms with Crippen molar-refractivity contribution in [2.45, 2.75) is 38.3 Å². The maximum atomic E-state index is 13.5. The maximum absolute atomic E-state index is 13.5. The summed E-state index contributed by atoms with van der Waals surface area (Å²) in [6, 6.07) is 0. The molecule has 0 aliphatic heterocycles. The van der Waals surface area contributed by atoms with E-state index in [1.807, 2.05) is 0 Å². The summed E-state index contributed by atoms with van der Waals surface area (Å²) in [5.41, 5.74) is 0. The van der Waals surface area contributed by atoms with E-state index >= 15 is 0 Å². The van der Waals surface area contributed by atoms with Crippen LogP contribution in [0.25, 0.3) is 0 Å². The molecule has 0 saturated heterocycles. The Labute approximate surface area is 67.2 Å². The molecule has 0 aromatic rings. The van der Waals surface area contributed by atoms with Gasteiger partial charge in [-0.1, -0.05) is 0 Å². The normalized spacial score (nSPS) is 55.4. The Hall–Kier alpha value is -0.0700. The van der Waals surface area contributed by atoms with E-state index < -0.39 is 6.17 Å². The zero-order chi connectivity index (χ0) is 7.42. The van der Waals surface area contributed by atoms with Crippen molar-refractivity contribution in [2.75, 3.05) is 0 Å². The van der Waals surface area contributed by atoms with E-state index in [0.29, 0.717) is 11.8 Å². The molecule has 0 aromatic heterocycles. The average Bonchev–Trinajstić information content (AvgIpc) is 1.98. The molecule has 1 heteroatoms. The lowest BCUT2D eigenvalue weighted by molar-refractivity contribution is -0.00153. The van der Waals surface area contributed by atoms with Crippen LogP contribution in [-0.2, 0) is 0 Å². The first-order chi connectivity index (χ1) is 5.33. The highest BCUT2D eigenvalue weighted by atomic mass is 19.1. The van der Waals surface area contributed by atoms with Crippen LogP contribution >= 0.6 is 0 Å². The van der Waals surface area contributed by atoms with E-state index in [2.05, 4.69) is 0 Å². The topological polar surface area (TPSA) is 0 Å². The van der Waals surface area contributed by atoms with Crippen molar-refractivity contribution in [2.24, 2.45) is 17.8 Å². The van der Waals surface area contributed by atoms with Crippen molar-refractivity contribution >= 4 is 0 Å². The fourth-order valence-corrected chi connectivity index (χ4v) is 3.56. The molecule has 0 amide bonds. The minimum Gasteiger partial charge on any atom is -0.247 e. The lowest BCUT2D eigenvalue weighted by Gasteiger charge is -2.51. The number of hydrogen-bond donors (Lipinski definition) is 0. The molecule has 4 bridgehead atoms. The van der Waals surface area contributed by atoms with Crippen LogP contribution in [0, 0.1) is 23.7 Å². The largest absolute Gasteiger partial charge is 0.247 e. The molecule has 2 unspecified atom stereocenters. The third kappa shape index (κ3) is 0.800. The molecular formula is C10H14F. The lowest BCUT2D eigenvalue weighted by Crippen LogP contribution is -2.45. The zero-order valence-corrected chi connectivity index (χ0v) is 6.72. The summed E-state index contributed by atoms with van der Waals surface area (Å²) in [5.74, 6) is 3.46. The highest BCUT2D eigenvalue weighted by Crippen LogP contribution is 2.55. The second-order valence-corrected chi connectivity index (χ2v) is 4.66. The molecule has 2 atom stereocenters. The molecule has 4 fully saturated rings. The van der Waals surface area contributed by atoms with E-state index in [1.54, 1.807) is 5.92 Å². The summed E-state index contributed by atoms with van der Waals surface area (Å²) >= 11 is 0. The Morgan fingerprint density at radius 2 is 1.64 bits per heavy atom. The standard InChI is InChI=1S/C10H14F/c11-10-8-2-6-1-7(4-8)5-9(10)3-6/h6,8-10H,1-5H2. The Kier molecular flexibility index (Phi) is 1.17. The number of hydrogen-bond acceptors (Lipinski definition) is 0. The molecule has 4 saturated carbocycles. The van der Waals surface area contributed by atoms with Crippen LogP contribution in [0.2, 0.25) is 0 Å². The van der Waals surface area contributed by atoms with E-state index in [9.17, 15) is 4.39 Å². The second-order valence-electron chi connectivity index (χ2n) is 4.66. The molecular weight excluding hydrogens is 139 g/mol. The van der Waals surface area contributed by atoms with Gasteiger partial charge in [0.25, 0.3) is 0 Å². The Bertz CT molecular complexity index is 148. The monoisotopic (exact) mass is 153 g/mol.